The number of hydrogen-bond acceptors (Lipinski definition) is 4. The molecule has 15 heavy (non-hydrogen) atoms. The van der Waals surface area contributed by atoms with Crippen LogP contribution in [0.2, 0.25) is 0 Å². The zero-order valence-corrected chi connectivity index (χ0v) is 11.4. The molecule has 0 aromatic rings. The van der Waals surface area contributed by atoms with E-state index in [0.29, 0.717) is 0 Å². The molecular weight excluding hydrogens is 284 g/mol. The Kier molecular flexibility index (Phi) is 18.8. The predicted molar refractivity (Wildman–Crippen MR) is 61.9 cm³/mol. The molecule has 0 unspecified atom stereocenters. The summed E-state index contributed by atoms with van der Waals surface area (Å²) in [6, 6.07) is 0. The van der Waals surface area contributed by atoms with Gasteiger partial charge in [-0.05, 0) is 12.8 Å². The van der Waals surface area contributed by atoms with Gasteiger partial charge in [0.15, 0.2) is 0 Å². The van der Waals surface area contributed by atoms with E-state index >= 15 is 0 Å². The molecule has 0 aliphatic rings. The Morgan fingerprint density at radius 1 is 1.13 bits per heavy atom. The maximum absolute atomic E-state index is 10.7. The van der Waals surface area contributed by atoms with Gasteiger partial charge in [0.05, 0.1) is 5.24 Å². The number of carbonyl (C=O) groups is 2. The summed E-state index contributed by atoms with van der Waals surface area (Å²) in [4.78, 5) is 21.4. The Labute approximate surface area is 113 Å². The van der Waals surface area contributed by atoms with Gasteiger partial charge < -0.3 is 45.5 Å². The molecule has 4 nitrogen and oxygen atoms in total. The summed E-state index contributed by atoms with van der Waals surface area (Å²) >= 11 is 8.28. The van der Waals surface area contributed by atoms with Crippen LogP contribution in [0.5, 0.6) is 0 Å². The molecule has 2 N–H and O–H groups in total. The molecule has 0 aromatic heterocycles. The molecule has 0 aromatic carbocycles. The van der Waals surface area contributed by atoms with E-state index in [1.54, 1.807) is 4.90 Å². The summed E-state index contributed by atoms with van der Waals surface area (Å²) in [5, 5.41) is -0.969. The second-order valence-electron chi connectivity index (χ2n) is 2.57. The van der Waals surface area contributed by atoms with E-state index in [-0.39, 0.29) is 22.3 Å². The van der Waals surface area contributed by atoms with Crippen molar-refractivity contribution in [3.05, 3.63) is 0 Å². The molecule has 0 saturated heterocycles. The van der Waals surface area contributed by atoms with Crippen LogP contribution in [0.3, 0.4) is 0 Å². The smallest absolute Gasteiger partial charge is 0.719 e. The molecule has 0 spiro atoms. The number of nitrogens with two attached hydrogens (primary N) is 1. The number of primary amides is 1. The topological polar surface area (TPSA) is 63.4 Å². The first kappa shape index (κ1) is 20.3. The molecule has 0 aliphatic heterocycles. The standard InChI is InChI=1S/C7H15NOS.CH3NOS.Cu/c1-3-5-8(6-4-2)7(9)10;2-1(3)4;/h3-6H2,1-2H3,(H,9,10);(H3,2,3,4);/q;;+2/p-2. The van der Waals surface area contributed by atoms with Gasteiger partial charge in [0, 0.05) is 13.1 Å². The average molecular weight is 300 g/mol. The third-order valence-corrected chi connectivity index (χ3v) is 1.50. The van der Waals surface area contributed by atoms with Crippen LogP contribution in [-0.4, -0.2) is 28.5 Å². The van der Waals surface area contributed by atoms with Gasteiger partial charge >= 0.3 is 17.1 Å². The second-order valence-corrected chi connectivity index (χ2v) is 3.32. The van der Waals surface area contributed by atoms with E-state index in [4.69, 9.17) is 4.79 Å². The van der Waals surface area contributed by atoms with Crippen molar-refractivity contribution in [1.82, 2.24) is 4.90 Å². The molecule has 0 fully saturated rings. The normalized spacial score (nSPS) is 7.87. The first-order chi connectivity index (χ1) is 6.45. The summed E-state index contributed by atoms with van der Waals surface area (Å²) < 4.78 is 0. The van der Waals surface area contributed by atoms with E-state index in [9.17, 15) is 4.79 Å². The fraction of sp³-hybridized carbons (Fsp3) is 0.750. The maximum Gasteiger partial charge on any atom is 2.00 e. The van der Waals surface area contributed by atoms with E-state index in [1.165, 1.54) is 0 Å². The zero-order valence-electron chi connectivity index (χ0n) is 8.79. The molecule has 0 bridgehead atoms. The number of hydrogen-bond donors (Lipinski definition) is 1. The quantitative estimate of drug-likeness (QED) is 0.629. The molecule has 0 saturated carbocycles. The monoisotopic (exact) mass is 299 g/mol. The molecule has 0 rings (SSSR count). The van der Waals surface area contributed by atoms with Gasteiger partial charge in [-0.2, -0.15) is 0 Å². The molecule has 93 valence electrons. The summed E-state index contributed by atoms with van der Waals surface area (Å²) in [5.74, 6) is 0. The van der Waals surface area contributed by atoms with Gasteiger partial charge in [-0.15, -0.1) is 0 Å². The van der Waals surface area contributed by atoms with E-state index in [1.807, 2.05) is 13.8 Å². The van der Waals surface area contributed by atoms with Crippen LogP contribution in [0.25, 0.3) is 0 Å². The first-order valence-electron chi connectivity index (χ1n) is 4.38. The van der Waals surface area contributed by atoms with E-state index < -0.39 is 5.24 Å². The summed E-state index contributed by atoms with van der Waals surface area (Å²) in [7, 11) is 0. The van der Waals surface area contributed by atoms with Crippen molar-refractivity contribution >= 4 is 35.7 Å². The fourth-order valence-corrected chi connectivity index (χ4v) is 1.02. The number of nitrogens with zero attached hydrogens (tertiary/aromatic N) is 1. The molecule has 0 atom stereocenters. The predicted octanol–water partition coefficient (Wildman–Crippen LogP) is 1.38. The van der Waals surface area contributed by atoms with Gasteiger partial charge in [-0.1, -0.05) is 13.8 Å². The van der Waals surface area contributed by atoms with Gasteiger partial charge in [0.1, 0.15) is 5.24 Å². The Bertz CT molecular complexity index is 172. The van der Waals surface area contributed by atoms with Crippen LogP contribution < -0.4 is 5.73 Å². The number of rotatable bonds is 4. The Morgan fingerprint density at radius 3 is 1.53 bits per heavy atom. The summed E-state index contributed by atoms with van der Waals surface area (Å²) in [5.41, 5.74) is 4.29. The van der Waals surface area contributed by atoms with Crippen molar-refractivity contribution in [2.75, 3.05) is 13.1 Å². The van der Waals surface area contributed by atoms with Crippen molar-refractivity contribution in [2.45, 2.75) is 26.7 Å². The van der Waals surface area contributed by atoms with Gasteiger partial charge in [0.2, 0.25) is 0 Å². The Balaban J connectivity index is -0.000000249. The summed E-state index contributed by atoms with van der Waals surface area (Å²) in [6.07, 6.45) is 1.98. The molecule has 2 amide bonds. The van der Waals surface area contributed by atoms with Gasteiger partial charge in [-0.25, -0.2) is 0 Å². The van der Waals surface area contributed by atoms with Crippen molar-refractivity contribution < 1.29 is 26.7 Å². The zero-order chi connectivity index (χ0) is 11.6. The van der Waals surface area contributed by atoms with Crippen LogP contribution in [0.15, 0.2) is 0 Å². The SMILES string of the molecule is CCCN(CCC)C(=O)[S-].NC(=O)[S-].[Cu+2]. The van der Waals surface area contributed by atoms with Crippen LogP contribution in [0.1, 0.15) is 26.7 Å². The van der Waals surface area contributed by atoms with Gasteiger partial charge in [-0.3, -0.25) is 0 Å². The largest absolute Gasteiger partial charge is 2.00 e. The van der Waals surface area contributed by atoms with Gasteiger partial charge in [0.25, 0.3) is 0 Å². The first-order valence-corrected chi connectivity index (χ1v) is 5.19. The molecule has 0 aliphatic carbocycles. The molecular formula is C8H16CuN2O2S2. The van der Waals surface area contributed by atoms with Crippen molar-refractivity contribution in [3.63, 3.8) is 0 Å². The van der Waals surface area contributed by atoms with Crippen molar-refractivity contribution in [3.8, 4) is 0 Å². The fourth-order valence-electron chi connectivity index (χ4n) is 0.834. The average Bonchev–Trinajstić information content (AvgIpc) is 2.02. The Hall–Kier alpha value is -0.101. The minimum absolute atomic E-state index is 0. The van der Waals surface area contributed by atoms with Crippen LogP contribution >= 0.6 is 0 Å². The van der Waals surface area contributed by atoms with E-state index in [0.717, 1.165) is 25.9 Å². The van der Waals surface area contributed by atoms with E-state index in [2.05, 4.69) is 31.0 Å². The second kappa shape index (κ2) is 13.9. The third kappa shape index (κ3) is 20.1. The van der Waals surface area contributed by atoms with Crippen LogP contribution in [0, 0.1) is 0 Å². The minimum atomic E-state index is -0.750. The number of carbonyl (C=O) groups excluding carboxylic acids is 2. The molecule has 1 radical (unpaired) electrons. The molecule has 7 heteroatoms. The third-order valence-electron chi connectivity index (χ3n) is 1.25. The maximum atomic E-state index is 10.7. The number of amides is 2. The summed E-state index contributed by atoms with van der Waals surface area (Å²) in [6.45, 7) is 5.69. The van der Waals surface area contributed by atoms with Crippen molar-refractivity contribution in [2.24, 2.45) is 5.73 Å². The Morgan fingerprint density at radius 2 is 1.40 bits per heavy atom. The van der Waals surface area contributed by atoms with Crippen LogP contribution in [0.4, 0.5) is 9.59 Å². The van der Waals surface area contributed by atoms with Crippen LogP contribution in [-0.2, 0) is 42.3 Å². The minimum Gasteiger partial charge on any atom is -0.719 e. The molecule has 0 heterocycles. The van der Waals surface area contributed by atoms with Crippen molar-refractivity contribution in [1.29, 1.82) is 0 Å².